The van der Waals surface area contributed by atoms with Crippen LogP contribution >= 0.6 is 0 Å². The molecule has 3 aromatic rings. The lowest BCUT2D eigenvalue weighted by Gasteiger charge is -2.08. The fraction of sp³-hybridized carbons (Fsp3) is 0.200. The van der Waals surface area contributed by atoms with E-state index in [4.69, 9.17) is 4.42 Å². The van der Waals surface area contributed by atoms with E-state index in [1.807, 2.05) is 19.1 Å². The van der Waals surface area contributed by atoms with Gasteiger partial charge in [0.2, 0.25) is 5.55 Å². The zero-order chi connectivity index (χ0) is 18.9. The Morgan fingerprint density at radius 1 is 1.08 bits per heavy atom. The molecule has 0 saturated heterocycles. The van der Waals surface area contributed by atoms with Crippen molar-refractivity contribution in [3.05, 3.63) is 70.8 Å². The van der Waals surface area contributed by atoms with E-state index in [1.54, 1.807) is 12.1 Å². The van der Waals surface area contributed by atoms with Gasteiger partial charge in [0.05, 0.1) is 16.8 Å². The van der Waals surface area contributed by atoms with E-state index < -0.39 is 11.7 Å². The van der Waals surface area contributed by atoms with Crippen LogP contribution in [0.3, 0.4) is 0 Å². The van der Waals surface area contributed by atoms with E-state index in [2.05, 4.69) is 4.99 Å². The summed E-state index contributed by atoms with van der Waals surface area (Å²) < 4.78 is 44.3. The van der Waals surface area contributed by atoms with Gasteiger partial charge < -0.3 is 4.42 Å². The molecule has 0 aliphatic carbocycles. The van der Waals surface area contributed by atoms with Crippen LogP contribution in [0, 0.1) is 0 Å². The van der Waals surface area contributed by atoms with Gasteiger partial charge in [-0.3, -0.25) is 4.79 Å². The first-order valence-electron chi connectivity index (χ1n) is 8.07. The summed E-state index contributed by atoms with van der Waals surface area (Å²) in [6, 6.07) is 12.0. The minimum Gasteiger partial charge on any atom is -0.438 e. The fourth-order valence-corrected chi connectivity index (χ4v) is 2.57. The summed E-state index contributed by atoms with van der Waals surface area (Å²) in [5, 5.41) is 0.199. The highest BCUT2D eigenvalue weighted by atomic mass is 19.4. The SMILES string of the molecule is CCc1ccc(N=c2oc3ccc(C(F)(F)F)cc3cc2C(C)=O)cc1. The average molecular weight is 359 g/mol. The van der Waals surface area contributed by atoms with E-state index in [0.29, 0.717) is 5.69 Å². The number of carbonyl (C=O) groups excluding carboxylic acids is 1. The van der Waals surface area contributed by atoms with Crippen molar-refractivity contribution in [2.24, 2.45) is 4.99 Å². The minimum atomic E-state index is -4.46. The number of aryl methyl sites for hydroxylation is 1. The Labute approximate surface area is 147 Å². The monoisotopic (exact) mass is 359 g/mol. The first-order chi connectivity index (χ1) is 12.3. The van der Waals surface area contributed by atoms with Gasteiger partial charge in [0.1, 0.15) is 5.58 Å². The summed E-state index contributed by atoms with van der Waals surface area (Å²) in [5.74, 6) is -0.336. The summed E-state index contributed by atoms with van der Waals surface area (Å²) in [6.45, 7) is 3.36. The fourth-order valence-electron chi connectivity index (χ4n) is 2.57. The molecule has 1 heterocycles. The van der Waals surface area contributed by atoms with Crippen LogP contribution in [0.15, 0.2) is 57.9 Å². The number of rotatable bonds is 3. The number of fused-ring (bicyclic) bond motifs is 1. The Hall–Kier alpha value is -2.89. The van der Waals surface area contributed by atoms with Crippen LogP contribution in [0.25, 0.3) is 11.0 Å². The maximum atomic E-state index is 12.9. The Morgan fingerprint density at radius 3 is 2.35 bits per heavy atom. The topological polar surface area (TPSA) is 42.6 Å². The van der Waals surface area contributed by atoms with Crippen molar-refractivity contribution < 1.29 is 22.4 Å². The highest BCUT2D eigenvalue weighted by Gasteiger charge is 2.30. The predicted octanol–water partition coefficient (Wildman–Crippen LogP) is 5.45. The van der Waals surface area contributed by atoms with Gasteiger partial charge in [-0.2, -0.15) is 13.2 Å². The van der Waals surface area contributed by atoms with Gasteiger partial charge in [0.25, 0.3) is 0 Å². The first-order valence-corrected chi connectivity index (χ1v) is 8.07. The number of hydrogen-bond acceptors (Lipinski definition) is 3. The number of ketones is 1. The third kappa shape index (κ3) is 3.69. The third-order valence-corrected chi connectivity index (χ3v) is 4.03. The molecule has 0 amide bonds. The summed E-state index contributed by atoms with van der Waals surface area (Å²) in [7, 11) is 0. The van der Waals surface area contributed by atoms with Crippen molar-refractivity contribution in [2.45, 2.75) is 26.4 Å². The Bertz CT molecular complexity index is 1030. The van der Waals surface area contributed by atoms with Crippen molar-refractivity contribution in [3.8, 4) is 0 Å². The summed E-state index contributed by atoms with van der Waals surface area (Å²) in [4.78, 5) is 16.3. The number of benzene rings is 2. The number of Topliss-reactive ketones (excluding diaryl/α,β-unsaturated/α-hetero) is 1. The zero-order valence-electron chi connectivity index (χ0n) is 14.2. The second kappa shape index (κ2) is 6.78. The molecule has 0 radical (unpaired) electrons. The molecule has 0 atom stereocenters. The largest absolute Gasteiger partial charge is 0.438 e. The lowest BCUT2D eigenvalue weighted by atomic mass is 10.1. The predicted molar refractivity (Wildman–Crippen MR) is 92.3 cm³/mol. The summed E-state index contributed by atoms with van der Waals surface area (Å²) in [5.41, 5.74) is 1.39. The first kappa shape index (κ1) is 17.9. The van der Waals surface area contributed by atoms with Crippen LogP contribution < -0.4 is 5.55 Å². The Morgan fingerprint density at radius 2 is 1.77 bits per heavy atom. The van der Waals surface area contributed by atoms with Crippen LogP contribution in [-0.4, -0.2) is 5.78 Å². The summed E-state index contributed by atoms with van der Waals surface area (Å²) >= 11 is 0. The second-order valence-corrected chi connectivity index (χ2v) is 5.90. The lowest BCUT2D eigenvalue weighted by molar-refractivity contribution is -0.137. The highest BCUT2D eigenvalue weighted by Crippen LogP contribution is 2.31. The van der Waals surface area contributed by atoms with Gasteiger partial charge in [0.15, 0.2) is 5.78 Å². The van der Waals surface area contributed by atoms with Gasteiger partial charge in [-0.25, -0.2) is 4.99 Å². The summed E-state index contributed by atoms with van der Waals surface area (Å²) in [6.07, 6.45) is -3.57. The standard InChI is InChI=1S/C20H16F3NO2/c1-3-13-4-7-16(8-5-13)24-19-17(12(2)25)11-14-10-15(20(21,22)23)6-9-18(14)26-19/h4-11H,3H2,1-2H3. The normalized spacial score (nSPS) is 12.6. The van der Waals surface area contributed by atoms with Gasteiger partial charge in [-0.1, -0.05) is 19.1 Å². The van der Waals surface area contributed by atoms with Crippen LogP contribution in [0.4, 0.5) is 18.9 Å². The van der Waals surface area contributed by atoms with E-state index in [-0.39, 0.29) is 27.9 Å². The molecule has 3 nitrogen and oxygen atoms in total. The minimum absolute atomic E-state index is 0.0778. The van der Waals surface area contributed by atoms with E-state index in [0.717, 1.165) is 24.1 Å². The van der Waals surface area contributed by atoms with Crippen LogP contribution in [0.1, 0.15) is 35.3 Å². The van der Waals surface area contributed by atoms with Crippen molar-refractivity contribution in [2.75, 3.05) is 0 Å². The van der Waals surface area contributed by atoms with Gasteiger partial charge in [0, 0.05) is 5.39 Å². The number of nitrogens with zero attached hydrogens (tertiary/aromatic N) is 1. The number of alkyl halides is 3. The zero-order valence-corrected chi connectivity index (χ0v) is 14.2. The molecule has 0 aliphatic heterocycles. The average Bonchev–Trinajstić information content (AvgIpc) is 2.60. The molecule has 26 heavy (non-hydrogen) atoms. The molecule has 134 valence electrons. The van der Waals surface area contributed by atoms with Crippen molar-refractivity contribution >= 4 is 22.4 Å². The second-order valence-electron chi connectivity index (χ2n) is 5.90. The van der Waals surface area contributed by atoms with Gasteiger partial charge in [-0.05, 0) is 55.3 Å². The Balaban J connectivity index is 2.19. The molecule has 0 aliphatic rings. The van der Waals surface area contributed by atoms with Crippen molar-refractivity contribution in [3.63, 3.8) is 0 Å². The van der Waals surface area contributed by atoms with Gasteiger partial charge in [-0.15, -0.1) is 0 Å². The molecule has 1 aromatic heterocycles. The molecule has 3 rings (SSSR count). The third-order valence-electron chi connectivity index (χ3n) is 4.03. The van der Waals surface area contributed by atoms with Crippen molar-refractivity contribution in [1.82, 2.24) is 0 Å². The number of carbonyl (C=O) groups is 1. The molecule has 0 fully saturated rings. The highest BCUT2D eigenvalue weighted by molar-refractivity contribution is 5.96. The van der Waals surface area contributed by atoms with E-state index in [1.165, 1.54) is 19.1 Å². The smallest absolute Gasteiger partial charge is 0.416 e. The molecular weight excluding hydrogens is 343 g/mol. The van der Waals surface area contributed by atoms with E-state index in [9.17, 15) is 18.0 Å². The molecule has 0 spiro atoms. The maximum Gasteiger partial charge on any atom is 0.416 e. The quantitative estimate of drug-likeness (QED) is 0.584. The lowest BCUT2D eigenvalue weighted by Crippen LogP contribution is -2.13. The maximum absolute atomic E-state index is 12.9. The van der Waals surface area contributed by atoms with Crippen LogP contribution in [-0.2, 0) is 12.6 Å². The molecule has 2 aromatic carbocycles. The molecular formula is C20H16F3NO2. The molecule has 0 saturated carbocycles. The number of hydrogen-bond donors (Lipinski definition) is 0. The molecule has 6 heteroatoms. The molecule has 0 unspecified atom stereocenters. The van der Waals surface area contributed by atoms with Crippen LogP contribution in [0.2, 0.25) is 0 Å². The number of halogens is 3. The van der Waals surface area contributed by atoms with E-state index >= 15 is 0 Å². The Kier molecular flexibility index (Phi) is 4.68. The van der Waals surface area contributed by atoms with Crippen LogP contribution in [0.5, 0.6) is 0 Å². The molecule has 0 N–H and O–H groups in total. The van der Waals surface area contributed by atoms with Gasteiger partial charge >= 0.3 is 6.18 Å². The molecule has 0 bridgehead atoms. The van der Waals surface area contributed by atoms with Crippen molar-refractivity contribution in [1.29, 1.82) is 0 Å².